The monoisotopic (exact) mass is 442 g/mol. The van der Waals surface area contributed by atoms with Crippen LogP contribution in [0.1, 0.15) is 17.0 Å². The third kappa shape index (κ3) is 5.17. The van der Waals surface area contributed by atoms with Gasteiger partial charge in [-0.2, -0.15) is 4.98 Å². The van der Waals surface area contributed by atoms with Crippen LogP contribution >= 0.6 is 0 Å². The van der Waals surface area contributed by atoms with Gasteiger partial charge in [-0.3, -0.25) is 9.59 Å². The van der Waals surface area contributed by atoms with Gasteiger partial charge in [0.1, 0.15) is 23.6 Å². The van der Waals surface area contributed by atoms with Gasteiger partial charge in [-0.05, 0) is 25.0 Å². The Labute approximate surface area is 183 Å². The minimum absolute atomic E-state index is 0.168. The van der Waals surface area contributed by atoms with E-state index in [2.05, 4.69) is 20.4 Å². The van der Waals surface area contributed by atoms with E-state index >= 15 is 0 Å². The molecule has 0 aliphatic carbocycles. The van der Waals surface area contributed by atoms with E-state index in [0.29, 0.717) is 30.2 Å². The number of anilines is 2. The van der Waals surface area contributed by atoms with Crippen LogP contribution in [0.5, 0.6) is 0 Å². The Hall–Kier alpha value is -4.02. The lowest BCUT2D eigenvalue weighted by Gasteiger charge is -2.49. The fourth-order valence-electron chi connectivity index (χ4n) is 3.61. The van der Waals surface area contributed by atoms with Crippen molar-refractivity contribution in [2.24, 2.45) is 5.41 Å². The van der Waals surface area contributed by atoms with E-state index in [1.165, 1.54) is 12.3 Å². The molecule has 1 amide bonds. The molecule has 0 atom stereocenters. The van der Waals surface area contributed by atoms with E-state index in [4.69, 9.17) is 20.2 Å². The second kappa shape index (κ2) is 9.86. The third-order valence-corrected chi connectivity index (χ3v) is 5.06. The number of rotatable bonds is 6. The fraction of sp³-hybridized carbons (Fsp3) is 0.286. The zero-order valence-corrected chi connectivity index (χ0v) is 17.4. The van der Waals surface area contributed by atoms with Crippen LogP contribution in [0.25, 0.3) is 0 Å². The van der Waals surface area contributed by atoms with Gasteiger partial charge in [0.2, 0.25) is 11.9 Å². The number of benzene rings is 1. The van der Waals surface area contributed by atoms with Crippen LogP contribution in [0, 0.1) is 18.2 Å². The van der Waals surface area contributed by atoms with Gasteiger partial charge in [0.15, 0.2) is 0 Å². The minimum Gasteiger partial charge on any atom is -0.483 e. The number of halogens is 1. The molecule has 0 radical (unpaired) electrons. The van der Waals surface area contributed by atoms with Gasteiger partial charge < -0.3 is 25.6 Å². The molecule has 2 aromatic heterocycles. The molecule has 0 saturated carbocycles. The van der Waals surface area contributed by atoms with E-state index in [9.17, 15) is 9.18 Å². The molecule has 1 aliphatic heterocycles. The average Bonchev–Trinajstić information content (AvgIpc) is 3.23. The smallest absolute Gasteiger partial charge is 0.290 e. The molecule has 1 saturated heterocycles. The number of amides is 1. The highest BCUT2D eigenvalue weighted by atomic mass is 19.1. The van der Waals surface area contributed by atoms with Crippen molar-refractivity contribution < 1.29 is 23.6 Å². The van der Waals surface area contributed by atoms with E-state index < -0.39 is 5.41 Å². The van der Waals surface area contributed by atoms with Gasteiger partial charge in [-0.1, -0.05) is 23.4 Å². The van der Waals surface area contributed by atoms with Crippen molar-refractivity contribution in [1.82, 2.24) is 20.4 Å². The van der Waals surface area contributed by atoms with E-state index in [0.717, 1.165) is 5.69 Å². The Morgan fingerprint density at radius 2 is 2.06 bits per heavy atom. The minimum atomic E-state index is -0.792. The fourth-order valence-corrected chi connectivity index (χ4v) is 3.61. The molecule has 11 heteroatoms. The molecule has 0 spiro atoms. The summed E-state index contributed by atoms with van der Waals surface area (Å²) in [7, 11) is 0. The van der Waals surface area contributed by atoms with Gasteiger partial charge in [-0.15, -0.1) is 0 Å². The van der Waals surface area contributed by atoms with Gasteiger partial charge in [0.05, 0.1) is 12.0 Å². The Morgan fingerprint density at radius 1 is 1.34 bits per heavy atom. The quantitative estimate of drug-likeness (QED) is 0.484. The highest BCUT2D eigenvalue weighted by Gasteiger charge is 2.50. The molecule has 4 rings (SSSR count). The number of hydrogen-bond donors (Lipinski definition) is 3. The molecular formula is C21H23FN6O4. The van der Waals surface area contributed by atoms with Crippen LogP contribution in [0.2, 0.25) is 0 Å². The first-order chi connectivity index (χ1) is 15.4. The summed E-state index contributed by atoms with van der Waals surface area (Å²) in [6.45, 7) is 2.61. The lowest BCUT2D eigenvalue weighted by atomic mass is 9.73. The van der Waals surface area contributed by atoms with Crippen LogP contribution in [-0.4, -0.2) is 45.7 Å². The number of nitrogens with two attached hydrogens (primary N) is 1. The molecule has 1 aliphatic rings. The highest BCUT2D eigenvalue weighted by molar-refractivity contribution is 5.86. The molecule has 3 heterocycles. The van der Waals surface area contributed by atoms with Gasteiger partial charge in [-0.25, -0.2) is 9.37 Å². The van der Waals surface area contributed by atoms with Crippen molar-refractivity contribution in [3.05, 3.63) is 65.4 Å². The molecule has 0 unspecified atom stereocenters. The standard InChI is InChI=1S/C20H21FN6O2.CH2O2/c1-13-8-17(25-19(22)24-13)27-11-20(12-27,9-14-4-2-3-5-16(14)21)18(28)23-10-15-6-7-29-26-15;2-1-3/h2-8H,9-12H2,1H3,(H,23,28)(H2,22,24,25);1H,(H,2,3). The zero-order valence-electron chi connectivity index (χ0n) is 17.4. The molecule has 3 aromatic rings. The van der Waals surface area contributed by atoms with Crippen LogP contribution < -0.4 is 16.0 Å². The number of carbonyl (C=O) groups excluding carboxylic acids is 1. The molecular weight excluding hydrogens is 419 g/mol. The van der Waals surface area contributed by atoms with Gasteiger partial charge >= 0.3 is 0 Å². The van der Waals surface area contributed by atoms with Crippen LogP contribution in [0.4, 0.5) is 16.2 Å². The molecule has 4 N–H and O–H groups in total. The maximum absolute atomic E-state index is 14.3. The zero-order chi connectivity index (χ0) is 23.1. The molecule has 1 aromatic carbocycles. The number of aryl methyl sites for hydroxylation is 1. The Kier molecular flexibility index (Phi) is 6.98. The van der Waals surface area contributed by atoms with Gasteiger partial charge in [0, 0.05) is 30.9 Å². The largest absolute Gasteiger partial charge is 0.483 e. The first-order valence-corrected chi connectivity index (χ1v) is 9.72. The maximum atomic E-state index is 14.3. The number of hydrogen-bond acceptors (Lipinski definition) is 8. The summed E-state index contributed by atoms with van der Waals surface area (Å²) in [5, 5.41) is 13.6. The molecule has 10 nitrogen and oxygen atoms in total. The molecule has 168 valence electrons. The lowest BCUT2D eigenvalue weighted by Crippen LogP contribution is -2.64. The summed E-state index contributed by atoms with van der Waals surface area (Å²) in [6, 6.07) is 10.0. The van der Waals surface area contributed by atoms with Crippen molar-refractivity contribution in [2.75, 3.05) is 23.7 Å². The second-order valence-corrected chi connectivity index (χ2v) is 7.41. The maximum Gasteiger partial charge on any atom is 0.290 e. The predicted molar refractivity (Wildman–Crippen MR) is 113 cm³/mol. The molecule has 1 fully saturated rings. The van der Waals surface area contributed by atoms with Crippen molar-refractivity contribution in [3.63, 3.8) is 0 Å². The summed E-state index contributed by atoms with van der Waals surface area (Å²) in [5.74, 6) is 0.348. The van der Waals surface area contributed by atoms with Crippen molar-refractivity contribution >= 4 is 24.1 Å². The Balaban J connectivity index is 0.000000913. The van der Waals surface area contributed by atoms with Crippen LogP contribution in [0.3, 0.4) is 0 Å². The number of nitrogen functional groups attached to an aromatic ring is 1. The highest BCUT2D eigenvalue weighted by Crippen LogP contribution is 2.38. The molecule has 32 heavy (non-hydrogen) atoms. The number of nitrogens with one attached hydrogen (secondary N) is 1. The predicted octanol–water partition coefficient (Wildman–Crippen LogP) is 1.56. The van der Waals surface area contributed by atoms with Crippen LogP contribution in [0.15, 0.2) is 47.2 Å². The second-order valence-electron chi connectivity index (χ2n) is 7.41. The van der Waals surface area contributed by atoms with Crippen LogP contribution in [-0.2, 0) is 22.6 Å². The summed E-state index contributed by atoms with van der Waals surface area (Å²) in [6.07, 6.45) is 1.73. The SMILES string of the molecule is Cc1cc(N2CC(Cc3ccccc3F)(C(=O)NCc3ccon3)C2)nc(N)n1.O=CO. The summed E-state index contributed by atoms with van der Waals surface area (Å²) >= 11 is 0. The molecule has 0 bridgehead atoms. The summed E-state index contributed by atoms with van der Waals surface area (Å²) < 4.78 is 19.1. The van der Waals surface area contributed by atoms with Crippen molar-refractivity contribution in [1.29, 1.82) is 0 Å². The third-order valence-electron chi connectivity index (χ3n) is 5.06. The van der Waals surface area contributed by atoms with Crippen molar-refractivity contribution in [3.8, 4) is 0 Å². The topological polar surface area (TPSA) is 147 Å². The normalized spacial score (nSPS) is 14.0. The summed E-state index contributed by atoms with van der Waals surface area (Å²) in [5.41, 5.74) is 6.83. The summed E-state index contributed by atoms with van der Waals surface area (Å²) in [4.78, 5) is 31.7. The van der Waals surface area contributed by atoms with Gasteiger partial charge in [0.25, 0.3) is 6.47 Å². The first kappa shape index (κ1) is 22.7. The van der Waals surface area contributed by atoms with E-state index in [1.54, 1.807) is 24.3 Å². The lowest BCUT2D eigenvalue weighted by molar-refractivity contribution is -0.132. The average molecular weight is 442 g/mol. The van der Waals surface area contributed by atoms with E-state index in [1.807, 2.05) is 17.9 Å². The number of carbonyl (C=O) groups is 2. The first-order valence-electron chi connectivity index (χ1n) is 9.72. The van der Waals surface area contributed by atoms with E-state index in [-0.39, 0.29) is 37.1 Å². The Bertz CT molecular complexity index is 1050. The number of aromatic nitrogens is 3. The Morgan fingerprint density at radius 3 is 2.69 bits per heavy atom. The number of nitrogens with zero attached hydrogens (tertiary/aromatic N) is 4. The van der Waals surface area contributed by atoms with Crippen molar-refractivity contribution in [2.45, 2.75) is 19.9 Å². The number of carboxylic acid groups (broad SMARTS) is 1.